The summed E-state index contributed by atoms with van der Waals surface area (Å²) in [7, 11) is 0. The van der Waals surface area contributed by atoms with Gasteiger partial charge in [0, 0.05) is 17.9 Å². The minimum Gasteiger partial charge on any atom is -0.489 e. The van der Waals surface area contributed by atoms with E-state index in [-0.39, 0.29) is 11.2 Å². The van der Waals surface area contributed by atoms with Gasteiger partial charge in [0.25, 0.3) is 0 Å². The van der Waals surface area contributed by atoms with E-state index < -0.39 is 11.7 Å². The van der Waals surface area contributed by atoms with E-state index in [4.69, 9.17) is 4.74 Å². The highest BCUT2D eigenvalue weighted by atomic mass is 16.5. The molecule has 1 fully saturated rings. The lowest BCUT2D eigenvalue weighted by Crippen LogP contribution is -2.43. The molecule has 2 heterocycles. The zero-order valence-electron chi connectivity index (χ0n) is 11.0. The highest BCUT2D eigenvalue weighted by Gasteiger charge is 2.43. The molecule has 2 aliphatic heterocycles. The van der Waals surface area contributed by atoms with Crippen LogP contribution in [0.3, 0.4) is 0 Å². The predicted octanol–water partition coefficient (Wildman–Crippen LogP) is 2.58. The van der Waals surface area contributed by atoms with Crippen LogP contribution in [0.25, 0.3) is 0 Å². The minimum atomic E-state index is -0.552. The summed E-state index contributed by atoms with van der Waals surface area (Å²) < 4.78 is 6.03. The Morgan fingerprint density at radius 2 is 2.06 bits per heavy atom. The molecule has 0 aromatic heterocycles. The van der Waals surface area contributed by atoms with E-state index in [0.29, 0.717) is 12.8 Å². The second kappa shape index (κ2) is 4.13. The Hall–Kier alpha value is -0.830. The summed E-state index contributed by atoms with van der Waals surface area (Å²) in [4.78, 5) is 11.7. The molecule has 0 aromatic carbocycles. The summed E-state index contributed by atoms with van der Waals surface area (Å²) >= 11 is 0. The van der Waals surface area contributed by atoms with Gasteiger partial charge < -0.3 is 9.84 Å². The van der Waals surface area contributed by atoms with Crippen LogP contribution in [0, 0.1) is 5.41 Å². The van der Waals surface area contributed by atoms with Gasteiger partial charge in [0.05, 0.1) is 6.10 Å². The predicted molar refractivity (Wildman–Crippen MR) is 65.5 cm³/mol. The Kier molecular flexibility index (Phi) is 3.06. The van der Waals surface area contributed by atoms with Crippen molar-refractivity contribution in [3.05, 3.63) is 11.8 Å². The second-order valence-electron chi connectivity index (χ2n) is 6.18. The summed E-state index contributed by atoms with van der Waals surface area (Å²) in [5, 5.41) is 10.2. The Morgan fingerprint density at radius 3 is 2.76 bits per heavy atom. The van der Waals surface area contributed by atoms with Gasteiger partial charge in [0.15, 0.2) is 5.78 Å². The van der Waals surface area contributed by atoms with Crippen LogP contribution in [0.1, 0.15) is 52.9 Å². The van der Waals surface area contributed by atoms with Gasteiger partial charge in [-0.25, -0.2) is 0 Å². The van der Waals surface area contributed by atoms with Crippen LogP contribution in [0.5, 0.6) is 0 Å². The quantitative estimate of drug-likeness (QED) is 0.705. The molecule has 3 nitrogen and oxygen atoms in total. The first-order chi connectivity index (χ1) is 7.83. The van der Waals surface area contributed by atoms with E-state index >= 15 is 0 Å². The number of aliphatic hydroxyl groups excluding tert-OH is 1. The summed E-state index contributed by atoms with van der Waals surface area (Å²) in [6.07, 6.45) is 4.88. The van der Waals surface area contributed by atoms with Crippen LogP contribution >= 0.6 is 0 Å². The Labute approximate surface area is 103 Å². The maximum atomic E-state index is 11.7. The van der Waals surface area contributed by atoms with E-state index in [1.807, 2.05) is 6.92 Å². The summed E-state index contributed by atoms with van der Waals surface area (Å²) in [6.45, 7) is 6.17. The smallest absolute Gasteiger partial charge is 0.159 e. The van der Waals surface area contributed by atoms with Crippen molar-refractivity contribution in [3.63, 3.8) is 0 Å². The maximum Gasteiger partial charge on any atom is 0.159 e. The van der Waals surface area contributed by atoms with Crippen LogP contribution in [-0.2, 0) is 9.53 Å². The van der Waals surface area contributed by atoms with Gasteiger partial charge >= 0.3 is 0 Å². The molecule has 2 atom stereocenters. The SMILES string of the molecule is CC1(C)CCC[C@]2(C)O/C1=C\C(=O)CC[C@@H]2O. The van der Waals surface area contributed by atoms with Crippen LogP contribution in [0.15, 0.2) is 11.8 Å². The van der Waals surface area contributed by atoms with Crippen molar-refractivity contribution in [2.75, 3.05) is 0 Å². The lowest BCUT2D eigenvalue weighted by Gasteiger charge is -2.37. The van der Waals surface area contributed by atoms with Crippen molar-refractivity contribution in [1.29, 1.82) is 0 Å². The molecule has 1 N–H and O–H groups in total. The van der Waals surface area contributed by atoms with Crippen LogP contribution in [0.4, 0.5) is 0 Å². The lowest BCUT2D eigenvalue weighted by molar-refractivity contribution is -0.123. The van der Waals surface area contributed by atoms with Gasteiger partial charge in [0.2, 0.25) is 0 Å². The number of ether oxygens (including phenoxy) is 1. The number of hydrogen-bond donors (Lipinski definition) is 1. The zero-order valence-corrected chi connectivity index (χ0v) is 11.0. The largest absolute Gasteiger partial charge is 0.489 e. The standard InChI is InChI=1S/C14H22O3/c1-13(2)7-4-8-14(3)11(16)6-5-10(15)9-12(13)17-14/h9,11,16H,4-8H2,1-3H3/b12-9-/t11-,14-/m0/s1. The third-order valence-electron chi connectivity index (χ3n) is 4.15. The van der Waals surface area contributed by atoms with Crippen molar-refractivity contribution >= 4 is 5.78 Å². The van der Waals surface area contributed by atoms with Gasteiger partial charge in [0.1, 0.15) is 11.4 Å². The number of hydrogen-bond acceptors (Lipinski definition) is 3. The fourth-order valence-electron chi connectivity index (χ4n) is 2.71. The average Bonchev–Trinajstić information content (AvgIpc) is 2.33. The van der Waals surface area contributed by atoms with Crippen molar-refractivity contribution < 1.29 is 14.6 Å². The molecule has 3 heteroatoms. The molecule has 17 heavy (non-hydrogen) atoms. The number of carbonyl (C=O) groups excluding carboxylic acids is 1. The number of rotatable bonds is 0. The molecule has 0 amide bonds. The van der Waals surface area contributed by atoms with E-state index in [9.17, 15) is 9.90 Å². The molecule has 2 bridgehead atoms. The number of allylic oxidation sites excluding steroid dienone is 2. The molecule has 0 unspecified atom stereocenters. The zero-order chi connectivity index (χ0) is 12.7. The summed E-state index contributed by atoms with van der Waals surface area (Å²) in [6, 6.07) is 0. The normalized spacial score (nSPS) is 40.4. The van der Waals surface area contributed by atoms with Gasteiger partial charge in [-0.2, -0.15) is 0 Å². The number of aliphatic hydroxyl groups is 1. The molecule has 0 saturated carbocycles. The van der Waals surface area contributed by atoms with Crippen molar-refractivity contribution in [2.45, 2.75) is 64.6 Å². The van der Waals surface area contributed by atoms with Gasteiger partial charge in [-0.05, 0) is 32.6 Å². The van der Waals surface area contributed by atoms with E-state index in [2.05, 4.69) is 13.8 Å². The molecule has 0 radical (unpaired) electrons. The third-order valence-corrected chi connectivity index (χ3v) is 4.15. The maximum absolute atomic E-state index is 11.7. The van der Waals surface area contributed by atoms with Crippen LogP contribution in [0.2, 0.25) is 0 Å². The molecule has 0 spiro atoms. The summed E-state index contributed by atoms with van der Waals surface area (Å²) in [5.74, 6) is 0.817. The molecular formula is C14H22O3. The van der Waals surface area contributed by atoms with Gasteiger partial charge in [-0.15, -0.1) is 0 Å². The molecule has 0 aliphatic carbocycles. The first-order valence-corrected chi connectivity index (χ1v) is 6.46. The Bertz CT molecular complexity index is 356. The molecule has 96 valence electrons. The number of fused-ring (bicyclic) bond motifs is 2. The molecule has 2 rings (SSSR count). The Balaban J connectivity index is 2.42. The average molecular weight is 238 g/mol. The van der Waals surface area contributed by atoms with Crippen molar-refractivity contribution in [2.24, 2.45) is 5.41 Å². The third kappa shape index (κ3) is 2.39. The van der Waals surface area contributed by atoms with Crippen LogP contribution in [-0.4, -0.2) is 22.6 Å². The van der Waals surface area contributed by atoms with Crippen LogP contribution < -0.4 is 0 Å². The number of carbonyl (C=O) groups is 1. The van der Waals surface area contributed by atoms with E-state index in [0.717, 1.165) is 25.0 Å². The summed E-state index contributed by atoms with van der Waals surface area (Å²) in [5.41, 5.74) is -0.634. The van der Waals surface area contributed by atoms with Crippen molar-refractivity contribution in [1.82, 2.24) is 0 Å². The Morgan fingerprint density at radius 1 is 1.35 bits per heavy atom. The minimum absolute atomic E-state index is 0.0658. The van der Waals surface area contributed by atoms with Gasteiger partial charge in [-0.1, -0.05) is 13.8 Å². The van der Waals surface area contributed by atoms with Gasteiger partial charge in [-0.3, -0.25) is 4.79 Å². The van der Waals surface area contributed by atoms with E-state index in [1.165, 1.54) is 0 Å². The molecule has 2 aliphatic rings. The molecular weight excluding hydrogens is 216 g/mol. The highest BCUT2D eigenvalue weighted by molar-refractivity contribution is 5.90. The number of ketones is 1. The highest BCUT2D eigenvalue weighted by Crippen LogP contribution is 2.43. The fraction of sp³-hybridized carbons (Fsp3) is 0.786. The van der Waals surface area contributed by atoms with E-state index in [1.54, 1.807) is 6.08 Å². The lowest BCUT2D eigenvalue weighted by atomic mass is 9.85. The van der Waals surface area contributed by atoms with Crippen molar-refractivity contribution in [3.8, 4) is 0 Å². The second-order valence-corrected chi connectivity index (χ2v) is 6.18. The first kappa shape index (κ1) is 12.6. The fourth-order valence-corrected chi connectivity index (χ4v) is 2.71. The molecule has 1 saturated heterocycles. The molecule has 0 aromatic rings. The first-order valence-electron chi connectivity index (χ1n) is 6.46. The monoisotopic (exact) mass is 238 g/mol. The topological polar surface area (TPSA) is 46.5 Å².